The van der Waals surface area contributed by atoms with E-state index in [-0.39, 0.29) is 5.37 Å². The van der Waals surface area contributed by atoms with Gasteiger partial charge in [-0.05, 0) is 22.1 Å². The van der Waals surface area contributed by atoms with Gasteiger partial charge in [0.15, 0.2) is 0 Å². The largest absolute Gasteiger partial charge is 0.480 e. The van der Waals surface area contributed by atoms with Gasteiger partial charge in [0.05, 0.1) is 0 Å². The van der Waals surface area contributed by atoms with Gasteiger partial charge in [0, 0.05) is 0 Å². The van der Waals surface area contributed by atoms with E-state index >= 15 is 0 Å². The van der Waals surface area contributed by atoms with Crippen molar-refractivity contribution in [1.29, 1.82) is 0 Å². The van der Waals surface area contributed by atoms with Crippen LogP contribution in [-0.4, -0.2) is 34.3 Å². The molecule has 0 bridgehead atoms. The second kappa shape index (κ2) is 7.77. The molecule has 0 radical (unpaired) electrons. The summed E-state index contributed by atoms with van der Waals surface area (Å²) >= 11 is 0. The Hall–Kier alpha value is -2.11. The van der Waals surface area contributed by atoms with Gasteiger partial charge in [-0.2, -0.15) is 0 Å². The quantitative estimate of drug-likeness (QED) is 0.491. The highest BCUT2D eigenvalue weighted by atomic mass is 16.4. The highest BCUT2D eigenvalue weighted by Crippen LogP contribution is 2.23. The minimum absolute atomic E-state index is 0.288. The van der Waals surface area contributed by atoms with Crippen molar-refractivity contribution in [3.05, 3.63) is 89.3 Å². The Morgan fingerprint density at radius 1 is 0.636 bits per heavy atom. The monoisotopic (exact) mass is 294 g/mol. The van der Waals surface area contributed by atoms with Crippen molar-refractivity contribution in [2.75, 3.05) is 0 Å². The Morgan fingerprint density at radius 2 is 1.05 bits per heavy atom. The number of hydrogen-bond acceptors (Lipinski definition) is 4. The lowest BCUT2D eigenvalue weighted by molar-refractivity contribution is 0.399. The molecule has 0 atom stereocenters. The third kappa shape index (κ3) is 4.19. The molecule has 22 heavy (non-hydrogen) atoms. The van der Waals surface area contributed by atoms with Crippen LogP contribution in [0, 0.1) is 0 Å². The molecular formula is C16H16B2O4. The predicted octanol–water partition coefficient (Wildman–Crippen LogP) is 1.07. The molecule has 0 aliphatic rings. The summed E-state index contributed by atoms with van der Waals surface area (Å²) < 4.78 is 0. The van der Waals surface area contributed by atoms with E-state index in [1.54, 1.807) is 6.08 Å². The molecule has 110 valence electrons. The van der Waals surface area contributed by atoms with Gasteiger partial charge in [0.1, 0.15) is 0 Å². The summed E-state index contributed by atoms with van der Waals surface area (Å²) in [5.41, 5.74) is 2.70. The van der Waals surface area contributed by atoms with E-state index in [9.17, 15) is 20.1 Å². The van der Waals surface area contributed by atoms with E-state index in [1.807, 2.05) is 60.7 Å². The van der Waals surface area contributed by atoms with Crippen molar-refractivity contribution in [3.63, 3.8) is 0 Å². The average molecular weight is 294 g/mol. The fourth-order valence-electron chi connectivity index (χ4n) is 2.08. The van der Waals surface area contributed by atoms with Crippen molar-refractivity contribution in [3.8, 4) is 0 Å². The summed E-state index contributed by atoms with van der Waals surface area (Å²) in [7, 11) is -3.85. The molecule has 0 aliphatic carbocycles. The molecule has 0 saturated carbocycles. The van der Waals surface area contributed by atoms with Gasteiger partial charge in [0.2, 0.25) is 0 Å². The smallest absolute Gasteiger partial charge is 0.424 e. The first-order valence-corrected chi connectivity index (χ1v) is 6.84. The van der Waals surface area contributed by atoms with Gasteiger partial charge in [-0.3, -0.25) is 0 Å². The number of hydrogen-bond donors (Lipinski definition) is 4. The first-order chi connectivity index (χ1) is 10.6. The van der Waals surface area contributed by atoms with Crippen LogP contribution < -0.4 is 0 Å². The molecule has 0 aliphatic heterocycles. The second-order valence-corrected chi connectivity index (χ2v) is 4.73. The highest BCUT2D eigenvalue weighted by Gasteiger charge is 2.25. The molecule has 0 spiro atoms. The number of benzene rings is 2. The summed E-state index contributed by atoms with van der Waals surface area (Å²) in [6.45, 7) is 0. The summed E-state index contributed by atoms with van der Waals surface area (Å²) in [6, 6.07) is 19.1. The van der Waals surface area contributed by atoms with E-state index in [0.29, 0.717) is 0 Å². The fourth-order valence-corrected chi connectivity index (χ4v) is 2.08. The van der Waals surface area contributed by atoms with Crippen LogP contribution in [0.5, 0.6) is 0 Å². The van der Waals surface area contributed by atoms with E-state index in [4.69, 9.17) is 0 Å². The van der Waals surface area contributed by atoms with E-state index in [2.05, 4.69) is 0 Å². The Kier molecular flexibility index (Phi) is 5.75. The van der Waals surface area contributed by atoms with Crippen molar-refractivity contribution in [1.82, 2.24) is 0 Å². The van der Waals surface area contributed by atoms with Crippen molar-refractivity contribution >= 4 is 19.8 Å². The van der Waals surface area contributed by atoms with Crippen LogP contribution in [0.25, 0.3) is 5.57 Å². The van der Waals surface area contributed by atoms with Gasteiger partial charge >= 0.3 is 14.2 Å². The van der Waals surface area contributed by atoms with Crippen molar-refractivity contribution in [2.24, 2.45) is 0 Å². The highest BCUT2D eigenvalue weighted by molar-refractivity contribution is 6.75. The van der Waals surface area contributed by atoms with Crippen LogP contribution in [0.2, 0.25) is 0 Å². The molecular weight excluding hydrogens is 278 g/mol. The maximum atomic E-state index is 9.17. The first-order valence-electron chi connectivity index (χ1n) is 6.84. The predicted molar refractivity (Wildman–Crippen MR) is 88.4 cm³/mol. The number of rotatable bonds is 5. The molecule has 4 N–H and O–H groups in total. The minimum atomic E-state index is -1.93. The third-order valence-electron chi connectivity index (χ3n) is 3.21. The third-order valence-corrected chi connectivity index (χ3v) is 3.21. The number of allylic oxidation sites excluding steroid dienone is 2. The topological polar surface area (TPSA) is 80.9 Å². The van der Waals surface area contributed by atoms with Crippen LogP contribution in [0.3, 0.4) is 0 Å². The van der Waals surface area contributed by atoms with Crippen LogP contribution in [0.4, 0.5) is 0 Å². The second-order valence-electron chi connectivity index (χ2n) is 4.73. The molecule has 0 aromatic heterocycles. The molecule has 2 aromatic rings. The maximum absolute atomic E-state index is 9.17. The molecule has 0 fully saturated rings. The zero-order chi connectivity index (χ0) is 15.9. The van der Waals surface area contributed by atoms with Gasteiger partial charge in [-0.1, -0.05) is 72.8 Å². The van der Waals surface area contributed by atoms with Gasteiger partial charge in [-0.25, -0.2) is 0 Å². The van der Waals surface area contributed by atoms with Crippen LogP contribution in [0.15, 0.2) is 78.2 Å². The lowest BCUT2D eigenvalue weighted by atomic mass is 9.58. The fraction of sp³-hybridized carbons (Fsp3) is 0. The van der Waals surface area contributed by atoms with E-state index in [0.717, 1.165) is 16.7 Å². The molecule has 2 aromatic carbocycles. The lowest BCUT2D eigenvalue weighted by Gasteiger charge is -2.09. The summed E-state index contributed by atoms with van der Waals surface area (Å²) in [5, 5.41) is 36.4. The summed E-state index contributed by atoms with van der Waals surface area (Å²) in [6.07, 6.45) is 2.95. The standard InChI is InChI=1S/C16H16B2O4/c19-17(20)16(18(21)22)12-11-15(13-7-3-1-4-8-13)14-9-5-2-6-10-14/h1-12,19-22H. The minimum Gasteiger partial charge on any atom is -0.424 e. The van der Waals surface area contributed by atoms with Gasteiger partial charge < -0.3 is 20.1 Å². The van der Waals surface area contributed by atoms with Gasteiger partial charge in [-0.15, -0.1) is 0 Å². The molecule has 0 amide bonds. The summed E-state index contributed by atoms with van der Waals surface area (Å²) in [5.74, 6) is 0. The van der Waals surface area contributed by atoms with Crippen LogP contribution in [-0.2, 0) is 0 Å². The first kappa shape index (κ1) is 16.3. The Bertz CT molecular complexity index is 601. The van der Waals surface area contributed by atoms with Crippen LogP contribution >= 0.6 is 0 Å². The maximum Gasteiger partial charge on any atom is 0.480 e. The Morgan fingerprint density at radius 3 is 1.41 bits per heavy atom. The van der Waals surface area contributed by atoms with Crippen molar-refractivity contribution < 1.29 is 20.1 Å². The molecule has 0 saturated heterocycles. The SMILES string of the molecule is OB(O)C(=CC=C(c1ccccc1)c1ccccc1)B(O)O. The van der Waals surface area contributed by atoms with E-state index in [1.165, 1.54) is 6.08 Å². The zero-order valence-electron chi connectivity index (χ0n) is 11.9. The zero-order valence-corrected chi connectivity index (χ0v) is 11.9. The average Bonchev–Trinajstić information content (AvgIpc) is 2.52. The Balaban J connectivity index is 2.50. The Labute approximate surface area is 130 Å². The molecule has 2 rings (SSSR count). The molecule has 0 unspecified atom stereocenters. The lowest BCUT2D eigenvalue weighted by Crippen LogP contribution is -2.29. The summed E-state index contributed by atoms with van der Waals surface area (Å²) in [4.78, 5) is 0. The van der Waals surface area contributed by atoms with E-state index < -0.39 is 14.2 Å². The normalized spacial score (nSPS) is 9.82. The molecule has 4 nitrogen and oxygen atoms in total. The molecule has 0 heterocycles. The molecule has 6 heteroatoms. The van der Waals surface area contributed by atoms with Crippen molar-refractivity contribution in [2.45, 2.75) is 0 Å². The van der Waals surface area contributed by atoms with Crippen LogP contribution in [0.1, 0.15) is 11.1 Å². The van der Waals surface area contributed by atoms with Gasteiger partial charge in [0.25, 0.3) is 0 Å².